The van der Waals surface area contributed by atoms with Gasteiger partial charge in [-0.2, -0.15) is 0 Å². The fourth-order valence-corrected chi connectivity index (χ4v) is 1.91. The van der Waals surface area contributed by atoms with Crippen molar-refractivity contribution in [2.24, 2.45) is 0 Å². The molecule has 3 nitrogen and oxygen atoms in total. The van der Waals surface area contributed by atoms with Crippen molar-refractivity contribution in [1.82, 2.24) is 0 Å². The van der Waals surface area contributed by atoms with Gasteiger partial charge in [-0.1, -0.05) is 6.07 Å². The smallest absolute Gasteiger partial charge is 0.313 e. The first-order valence-electron chi connectivity index (χ1n) is 5.08. The highest BCUT2D eigenvalue weighted by molar-refractivity contribution is 7.99. The van der Waals surface area contributed by atoms with Crippen LogP contribution >= 0.6 is 11.8 Å². The minimum absolute atomic E-state index is 0.135. The molecule has 0 aliphatic rings. The third-order valence-corrected chi connectivity index (χ3v) is 2.82. The first-order chi connectivity index (χ1) is 7.58. The summed E-state index contributed by atoms with van der Waals surface area (Å²) in [6.45, 7) is 4.60. The van der Waals surface area contributed by atoms with Crippen LogP contribution in [0.15, 0.2) is 18.2 Å². The van der Waals surface area contributed by atoms with Crippen molar-refractivity contribution in [3.8, 4) is 5.75 Å². The van der Waals surface area contributed by atoms with Crippen molar-refractivity contribution < 1.29 is 14.6 Å². The zero-order chi connectivity index (χ0) is 12.0. The summed E-state index contributed by atoms with van der Waals surface area (Å²) >= 11 is 1.36. The quantitative estimate of drug-likeness (QED) is 0.776. The average molecular weight is 240 g/mol. The third-order valence-electron chi connectivity index (χ3n) is 1.92. The second-order valence-corrected chi connectivity index (χ2v) is 4.72. The van der Waals surface area contributed by atoms with Gasteiger partial charge in [0, 0.05) is 5.75 Å². The van der Waals surface area contributed by atoms with Crippen LogP contribution < -0.4 is 4.74 Å². The molecule has 16 heavy (non-hydrogen) atoms. The Bertz CT molecular complexity index is 343. The fraction of sp³-hybridized carbons (Fsp3) is 0.417. The van der Waals surface area contributed by atoms with E-state index in [0.29, 0.717) is 12.4 Å². The number of ether oxygens (including phenoxy) is 1. The van der Waals surface area contributed by atoms with Crippen LogP contribution in [0.3, 0.4) is 0 Å². The molecule has 1 aromatic carbocycles. The molecule has 0 aliphatic carbocycles. The summed E-state index contributed by atoms with van der Waals surface area (Å²) in [4.78, 5) is 10.3. The van der Waals surface area contributed by atoms with Crippen LogP contribution in [0.25, 0.3) is 0 Å². The lowest BCUT2D eigenvalue weighted by molar-refractivity contribution is -0.133. The molecule has 0 amide bonds. The summed E-state index contributed by atoms with van der Waals surface area (Å²) in [6.07, 6.45) is 0. The topological polar surface area (TPSA) is 46.5 Å². The zero-order valence-electron chi connectivity index (χ0n) is 9.53. The van der Waals surface area contributed by atoms with Crippen LogP contribution in [-0.2, 0) is 4.79 Å². The molecule has 1 N–H and O–H groups in total. The van der Waals surface area contributed by atoms with Crippen LogP contribution in [0.1, 0.15) is 11.1 Å². The molecular weight excluding hydrogens is 224 g/mol. The van der Waals surface area contributed by atoms with Crippen molar-refractivity contribution in [3.63, 3.8) is 0 Å². The maximum absolute atomic E-state index is 10.3. The summed E-state index contributed by atoms with van der Waals surface area (Å²) in [5.41, 5.74) is 2.35. The lowest BCUT2D eigenvalue weighted by Crippen LogP contribution is -2.04. The Kier molecular flexibility index (Phi) is 5.19. The molecule has 0 heterocycles. The fourth-order valence-electron chi connectivity index (χ4n) is 1.39. The SMILES string of the molecule is Cc1cc(C)cc(OCCSCC(=O)O)c1. The van der Waals surface area contributed by atoms with E-state index >= 15 is 0 Å². The molecule has 0 saturated carbocycles. The Hall–Kier alpha value is -1.16. The summed E-state index contributed by atoms with van der Waals surface area (Å²) in [5.74, 6) is 0.903. The van der Waals surface area contributed by atoms with E-state index in [1.165, 1.54) is 22.9 Å². The minimum atomic E-state index is -0.781. The molecule has 0 aromatic heterocycles. The van der Waals surface area contributed by atoms with E-state index in [4.69, 9.17) is 9.84 Å². The number of hydrogen-bond acceptors (Lipinski definition) is 3. The van der Waals surface area contributed by atoms with Crippen molar-refractivity contribution in [2.45, 2.75) is 13.8 Å². The van der Waals surface area contributed by atoms with Crippen LogP contribution in [0.5, 0.6) is 5.75 Å². The van der Waals surface area contributed by atoms with Gasteiger partial charge in [0.1, 0.15) is 5.75 Å². The number of hydrogen-bond donors (Lipinski definition) is 1. The van der Waals surface area contributed by atoms with Gasteiger partial charge in [0.15, 0.2) is 0 Å². The summed E-state index contributed by atoms with van der Waals surface area (Å²) < 4.78 is 5.54. The standard InChI is InChI=1S/C12H16O3S/c1-9-5-10(2)7-11(6-9)15-3-4-16-8-12(13)14/h5-7H,3-4,8H2,1-2H3,(H,13,14). The van der Waals surface area contributed by atoms with E-state index < -0.39 is 5.97 Å². The predicted octanol–water partition coefficient (Wildman–Crippen LogP) is 2.50. The lowest BCUT2D eigenvalue weighted by atomic mass is 10.1. The molecule has 0 fully saturated rings. The second kappa shape index (κ2) is 6.43. The molecule has 1 aromatic rings. The number of carbonyl (C=O) groups is 1. The predicted molar refractivity (Wildman–Crippen MR) is 66.4 cm³/mol. The first kappa shape index (κ1) is 12.9. The number of aryl methyl sites for hydroxylation is 2. The maximum Gasteiger partial charge on any atom is 0.313 e. The van der Waals surface area contributed by atoms with Crippen LogP contribution in [0.4, 0.5) is 0 Å². The Morgan fingerprint density at radius 1 is 1.31 bits per heavy atom. The molecule has 0 saturated heterocycles. The van der Waals surface area contributed by atoms with E-state index in [1.54, 1.807) is 0 Å². The lowest BCUT2D eigenvalue weighted by Gasteiger charge is -2.07. The Morgan fingerprint density at radius 2 is 1.94 bits per heavy atom. The molecule has 0 unspecified atom stereocenters. The van der Waals surface area contributed by atoms with Gasteiger partial charge in [-0.25, -0.2) is 0 Å². The molecule has 0 radical (unpaired) electrons. The van der Waals surface area contributed by atoms with Gasteiger partial charge in [-0.15, -0.1) is 11.8 Å². The Balaban J connectivity index is 2.29. The zero-order valence-corrected chi connectivity index (χ0v) is 10.3. The number of aliphatic carboxylic acids is 1. The largest absolute Gasteiger partial charge is 0.493 e. The summed E-state index contributed by atoms with van der Waals surface area (Å²) in [7, 11) is 0. The molecular formula is C12H16O3S. The number of carboxylic acid groups (broad SMARTS) is 1. The van der Waals surface area contributed by atoms with Gasteiger partial charge in [0.2, 0.25) is 0 Å². The third kappa shape index (κ3) is 5.07. The van der Waals surface area contributed by atoms with Crippen molar-refractivity contribution in [1.29, 1.82) is 0 Å². The van der Waals surface area contributed by atoms with Gasteiger partial charge in [0.05, 0.1) is 12.4 Å². The van der Waals surface area contributed by atoms with Crippen molar-refractivity contribution in [3.05, 3.63) is 29.3 Å². The van der Waals surface area contributed by atoms with Crippen molar-refractivity contribution in [2.75, 3.05) is 18.1 Å². The minimum Gasteiger partial charge on any atom is -0.493 e. The Morgan fingerprint density at radius 3 is 2.50 bits per heavy atom. The second-order valence-electron chi connectivity index (χ2n) is 3.62. The molecule has 4 heteroatoms. The molecule has 0 bridgehead atoms. The van der Waals surface area contributed by atoms with Gasteiger partial charge in [0.25, 0.3) is 0 Å². The summed E-state index contributed by atoms with van der Waals surface area (Å²) in [5, 5.41) is 8.44. The van der Waals surface area contributed by atoms with Crippen LogP contribution in [0, 0.1) is 13.8 Å². The molecule has 0 atom stereocenters. The number of benzene rings is 1. The molecule has 0 aliphatic heterocycles. The Labute approximate surface area is 99.8 Å². The van der Waals surface area contributed by atoms with E-state index in [9.17, 15) is 4.79 Å². The highest BCUT2D eigenvalue weighted by Crippen LogP contribution is 2.16. The van der Waals surface area contributed by atoms with Crippen LogP contribution in [0.2, 0.25) is 0 Å². The van der Waals surface area contributed by atoms with Gasteiger partial charge < -0.3 is 9.84 Å². The molecule has 0 spiro atoms. The number of rotatable bonds is 6. The van der Waals surface area contributed by atoms with Crippen LogP contribution in [-0.4, -0.2) is 29.2 Å². The van der Waals surface area contributed by atoms with E-state index in [1.807, 2.05) is 26.0 Å². The van der Waals surface area contributed by atoms with E-state index in [0.717, 1.165) is 5.75 Å². The molecule has 88 valence electrons. The highest BCUT2D eigenvalue weighted by Gasteiger charge is 1.99. The number of thioether (sulfide) groups is 1. The molecule has 1 rings (SSSR count). The monoisotopic (exact) mass is 240 g/mol. The van der Waals surface area contributed by atoms with E-state index in [-0.39, 0.29) is 5.75 Å². The summed E-state index contributed by atoms with van der Waals surface area (Å²) in [6, 6.07) is 6.05. The van der Waals surface area contributed by atoms with Gasteiger partial charge in [-0.3, -0.25) is 4.79 Å². The highest BCUT2D eigenvalue weighted by atomic mass is 32.2. The van der Waals surface area contributed by atoms with E-state index in [2.05, 4.69) is 6.07 Å². The normalized spacial score (nSPS) is 10.1. The maximum atomic E-state index is 10.3. The average Bonchev–Trinajstić information content (AvgIpc) is 2.15. The van der Waals surface area contributed by atoms with Crippen molar-refractivity contribution >= 4 is 17.7 Å². The number of carboxylic acids is 1. The first-order valence-corrected chi connectivity index (χ1v) is 6.24. The van der Waals surface area contributed by atoms with Gasteiger partial charge in [-0.05, 0) is 37.1 Å². The van der Waals surface area contributed by atoms with Gasteiger partial charge >= 0.3 is 5.97 Å².